The van der Waals surface area contributed by atoms with Crippen LogP contribution in [0.25, 0.3) is 0 Å². The van der Waals surface area contributed by atoms with E-state index in [1.165, 1.54) is 0 Å². The Labute approximate surface area is 106 Å². The van der Waals surface area contributed by atoms with E-state index in [4.69, 9.17) is 9.79 Å². The van der Waals surface area contributed by atoms with E-state index in [9.17, 15) is 26.5 Å². The molecule has 1 rings (SSSR count). The third-order valence-electron chi connectivity index (χ3n) is 1.98. The maximum absolute atomic E-state index is 13.3. The van der Waals surface area contributed by atoms with Crippen LogP contribution >= 0.6 is 23.5 Å². The molecule has 1 aromatic rings. The summed E-state index contributed by atoms with van der Waals surface area (Å²) in [5.74, 6) is 0. The third kappa shape index (κ3) is 2.90. The smallest absolute Gasteiger partial charge is 0.320 e. The molecule has 0 aromatic heterocycles. The summed E-state index contributed by atoms with van der Waals surface area (Å²) in [5.41, 5.74) is -7.54. The SMILES string of the molecule is O=P(O)(O)C(F)(F)c1cc(C(F)(F)F)ccc1Br. The fourth-order valence-corrected chi connectivity index (χ4v) is 2.24. The highest BCUT2D eigenvalue weighted by Gasteiger charge is 2.52. The molecule has 0 aliphatic carbocycles. The first kappa shape index (κ1) is 15.6. The minimum absolute atomic E-state index is 0.00315. The molecule has 0 heterocycles. The zero-order chi connectivity index (χ0) is 14.4. The molecule has 0 bridgehead atoms. The number of hydrogen-bond acceptors (Lipinski definition) is 1. The molecule has 0 radical (unpaired) electrons. The Morgan fingerprint density at radius 1 is 1.11 bits per heavy atom. The van der Waals surface area contributed by atoms with Crippen LogP contribution in [-0.2, 0) is 16.4 Å². The molecule has 0 saturated carbocycles. The van der Waals surface area contributed by atoms with Gasteiger partial charge in [-0.25, -0.2) is 0 Å². The Morgan fingerprint density at radius 2 is 1.61 bits per heavy atom. The largest absolute Gasteiger partial charge is 0.416 e. The zero-order valence-electron chi connectivity index (χ0n) is 8.25. The lowest BCUT2D eigenvalue weighted by Crippen LogP contribution is -2.16. The van der Waals surface area contributed by atoms with E-state index >= 15 is 0 Å². The molecule has 0 aliphatic rings. The Morgan fingerprint density at radius 3 is 2.00 bits per heavy atom. The maximum Gasteiger partial charge on any atom is 0.416 e. The van der Waals surface area contributed by atoms with Gasteiger partial charge in [0.25, 0.3) is 0 Å². The van der Waals surface area contributed by atoms with Crippen LogP contribution in [0.2, 0.25) is 0 Å². The molecule has 0 unspecified atom stereocenters. The molecule has 18 heavy (non-hydrogen) atoms. The average Bonchev–Trinajstić information content (AvgIpc) is 2.14. The lowest BCUT2D eigenvalue weighted by atomic mass is 10.1. The van der Waals surface area contributed by atoms with Crippen LogP contribution in [0, 0.1) is 0 Å². The van der Waals surface area contributed by atoms with E-state index in [0.717, 1.165) is 0 Å². The zero-order valence-corrected chi connectivity index (χ0v) is 10.7. The van der Waals surface area contributed by atoms with Gasteiger partial charge in [-0.3, -0.25) is 4.57 Å². The van der Waals surface area contributed by atoms with Crippen LogP contribution in [0.15, 0.2) is 22.7 Å². The molecule has 2 N–H and O–H groups in total. The van der Waals surface area contributed by atoms with E-state index in [1.807, 2.05) is 0 Å². The molecular weight excluding hydrogens is 350 g/mol. The second kappa shape index (κ2) is 4.56. The summed E-state index contributed by atoms with van der Waals surface area (Å²) in [6, 6.07) is 1.17. The van der Waals surface area contributed by atoms with Gasteiger partial charge in [0.05, 0.1) is 5.56 Å². The van der Waals surface area contributed by atoms with Gasteiger partial charge in [-0.15, -0.1) is 0 Å². The fourth-order valence-electron chi connectivity index (χ4n) is 1.09. The summed E-state index contributed by atoms with van der Waals surface area (Å²) < 4.78 is 73.7. The monoisotopic (exact) mass is 354 g/mol. The Bertz CT molecular complexity index is 510. The molecule has 0 fully saturated rings. The van der Waals surface area contributed by atoms with Crippen LogP contribution in [-0.4, -0.2) is 9.79 Å². The molecule has 1 aromatic carbocycles. The summed E-state index contributed by atoms with van der Waals surface area (Å²) in [5, 5.41) is 0. The highest BCUT2D eigenvalue weighted by molar-refractivity contribution is 9.10. The van der Waals surface area contributed by atoms with Crippen molar-refractivity contribution >= 4 is 23.5 Å². The van der Waals surface area contributed by atoms with Crippen molar-refractivity contribution in [2.24, 2.45) is 0 Å². The highest BCUT2D eigenvalue weighted by atomic mass is 79.9. The van der Waals surface area contributed by atoms with Gasteiger partial charge in [0.15, 0.2) is 0 Å². The predicted molar refractivity (Wildman–Crippen MR) is 55.1 cm³/mol. The predicted octanol–water partition coefficient (Wildman–Crippen LogP) is 3.69. The van der Waals surface area contributed by atoms with Crippen LogP contribution in [0.3, 0.4) is 0 Å². The minimum Gasteiger partial charge on any atom is -0.320 e. The number of alkyl halides is 5. The fraction of sp³-hybridized carbons (Fsp3) is 0.250. The van der Waals surface area contributed by atoms with E-state index in [0.29, 0.717) is 12.1 Å². The molecule has 3 nitrogen and oxygen atoms in total. The first-order chi connectivity index (χ1) is 7.87. The standard InChI is InChI=1S/C8H5BrF5O3P/c9-6-2-1-4(7(10,11)12)3-5(6)8(13,14)18(15,16)17/h1-3H,(H2,15,16,17). The van der Waals surface area contributed by atoms with Gasteiger partial charge in [-0.2, -0.15) is 22.0 Å². The molecule has 0 aliphatic heterocycles. The molecule has 10 heteroatoms. The van der Waals surface area contributed by atoms with Crippen molar-refractivity contribution in [3.05, 3.63) is 33.8 Å². The first-order valence-electron chi connectivity index (χ1n) is 4.18. The van der Waals surface area contributed by atoms with Crippen molar-refractivity contribution in [3.63, 3.8) is 0 Å². The molecule has 102 valence electrons. The maximum atomic E-state index is 13.3. The van der Waals surface area contributed by atoms with E-state index < -0.39 is 35.0 Å². The van der Waals surface area contributed by atoms with Crippen molar-refractivity contribution in [2.45, 2.75) is 11.8 Å². The Balaban J connectivity index is 3.47. The number of rotatable bonds is 2. The van der Waals surface area contributed by atoms with Gasteiger partial charge >= 0.3 is 19.4 Å². The second-order valence-electron chi connectivity index (χ2n) is 3.28. The summed E-state index contributed by atoms with van der Waals surface area (Å²) in [6.07, 6.45) is -4.89. The van der Waals surface area contributed by atoms with Crippen molar-refractivity contribution in [2.75, 3.05) is 0 Å². The molecule has 0 atom stereocenters. The average molecular weight is 355 g/mol. The van der Waals surface area contributed by atoms with E-state index in [-0.39, 0.29) is 6.07 Å². The van der Waals surface area contributed by atoms with Gasteiger partial charge in [0.1, 0.15) is 0 Å². The second-order valence-corrected chi connectivity index (χ2v) is 5.78. The van der Waals surface area contributed by atoms with Crippen molar-refractivity contribution in [1.82, 2.24) is 0 Å². The van der Waals surface area contributed by atoms with Crippen molar-refractivity contribution < 1.29 is 36.3 Å². The number of benzene rings is 1. The normalized spacial score (nSPS) is 13.8. The van der Waals surface area contributed by atoms with E-state index in [1.54, 1.807) is 0 Å². The van der Waals surface area contributed by atoms with Crippen LogP contribution < -0.4 is 0 Å². The molecular formula is C8H5BrF5O3P. The molecule has 0 saturated heterocycles. The third-order valence-corrected chi connectivity index (χ3v) is 3.65. The van der Waals surface area contributed by atoms with Gasteiger partial charge in [0, 0.05) is 10.0 Å². The van der Waals surface area contributed by atoms with E-state index in [2.05, 4.69) is 15.9 Å². The highest BCUT2D eigenvalue weighted by Crippen LogP contribution is 2.60. The summed E-state index contributed by atoms with van der Waals surface area (Å²) >= 11 is 2.53. The lowest BCUT2D eigenvalue weighted by molar-refractivity contribution is -0.137. The van der Waals surface area contributed by atoms with Crippen LogP contribution in [0.4, 0.5) is 22.0 Å². The van der Waals surface area contributed by atoms with Crippen LogP contribution in [0.5, 0.6) is 0 Å². The quantitative estimate of drug-likeness (QED) is 0.629. The van der Waals surface area contributed by atoms with Gasteiger partial charge in [-0.1, -0.05) is 15.9 Å². The lowest BCUT2D eigenvalue weighted by Gasteiger charge is -2.20. The summed E-state index contributed by atoms with van der Waals surface area (Å²) in [4.78, 5) is 17.0. The Hall–Kier alpha value is -0.500. The Kier molecular flexibility index (Phi) is 3.94. The molecule has 0 amide bonds. The van der Waals surface area contributed by atoms with Crippen molar-refractivity contribution in [3.8, 4) is 0 Å². The van der Waals surface area contributed by atoms with Gasteiger partial charge < -0.3 is 9.79 Å². The number of hydrogen-bond donors (Lipinski definition) is 2. The minimum atomic E-state index is -5.92. The number of halogens is 6. The van der Waals surface area contributed by atoms with Gasteiger partial charge in [0.2, 0.25) is 0 Å². The summed E-state index contributed by atoms with van der Waals surface area (Å²) in [7, 11) is -5.92. The van der Waals surface area contributed by atoms with Crippen LogP contribution in [0.1, 0.15) is 11.1 Å². The molecule has 0 spiro atoms. The van der Waals surface area contributed by atoms with Gasteiger partial charge in [-0.05, 0) is 18.2 Å². The topological polar surface area (TPSA) is 57.5 Å². The first-order valence-corrected chi connectivity index (χ1v) is 6.58. The summed E-state index contributed by atoms with van der Waals surface area (Å²) in [6.45, 7) is 0. The van der Waals surface area contributed by atoms with Crippen molar-refractivity contribution in [1.29, 1.82) is 0 Å².